The van der Waals surface area contributed by atoms with Crippen molar-refractivity contribution in [2.24, 2.45) is 11.7 Å². The van der Waals surface area contributed by atoms with E-state index in [9.17, 15) is 8.78 Å². The average molecular weight is 277 g/mol. The number of nitrogens with two attached hydrogens (primary N) is 1. The van der Waals surface area contributed by atoms with Crippen LogP contribution >= 0.6 is 0 Å². The van der Waals surface area contributed by atoms with Gasteiger partial charge >= 0.3 is 0 Å². The zero-order valence-corrected chi connectivity index (χ0v) is 11.5. The Hall–Kier alpha value is -1.08. The maximum absolute atomic E-state index is 11.9. The van der Waals surface area contributed by atoms with Crippen LogP contribution in [0.15, 0.2) is 4.52 Å². The van der Waals surface area contributed by atoms with Gasteiger partial charge in [0, 0.05) is 12.5 Å². The highest BCUT2D eigenvalue weighted by Crippen LogP contribution is 2.25. The van der Waals surface area contributed by atoms with Crippen molar-refractivity contribution < 1.29 is 18.0 Å². The van der Waals surface area contributed by atoms with E-state index in [1.807, 2.05) is 20.8 Å². The molecule has 1 aromatic rings. The molecule has 1 heterocycles. The van der Waals surface area contributed by atoms with Crippen molar-refractivity contribution in [2.45, 2.75) is 45.6 Å². The second-order valence-corrected chi connectivity index (χ2v) is 4.89. The standard InChI is InChI=1S/C12H21F2N3O2/c1-7(2)11(8(3)15)12-16-10(17-19-12)4-5-18-6-9(13)14/h7-9,11H,4-6,15H2,1-3H3. The van der Waals surface area contributed by atoms with Gasteiger partial charge < -0.3 is 15.0 Å². The Morgan fingerprint density at radius 1 is 1.32 bits per heavy atom. The van der Waals surface area contributed by atoms with Gasteiger partial charge in [-0.25, -0.2) is 8.78 Å². The summed E-state index contributed by atoms with van der Waals surface area (Å²) in [5, 5.41) is 3.81. The van der Waals surface area contributed by atoms with E-state index in [0.29, 0.717) is 18.1 Å². The van der Waals surface area contributed by atoms with E-state index in [-0.39, 0.29) is 24.5 Å². The van der Waals surface area contributed by atoms with Crippen LogP contribution in [-0.4, -0.2) is 35.8 Å². The minimum atomic E-state index is -2.45. The summed E-state index contributed by atoms with van der Waals surface area (Å²) in [7, 11) is 0. The minimum Gasteiger partial charge on any atom is -0.375 e. The highest BCUT2D eigenvalue weighted by molar-refractivity contribution is 4.99. The van der Waals surface area contributed by atoms with E-state index in [0.717, 1.165) is 0 Å². The number of ether oxygens (including phenoxy) is 1. The first kappa shape index (κ1) is 16.0. The molecule has 0 spiro atoms. The molecule has 110 valence electrons. The molecule has 0 saturated carbocycles. The summed E-state index contributed by atoms with van der Waals surface area (Å²) in [5.74, 6) is 1.22. The number of hydrogen-bond acceptors (Lipinski definition) is 5. The van der Waals surface area contributed by atoms with Crippen LogP contribution in [-0.2, 0) is 11.2 Å². The van der Waals surface area contributed by atoms with Crippen molar-refractivity contribution in [3.8, 4) is 0 Å². The first-order valence-electron chi connectivity index (χ1n) is 6.35. The molecule has 0 aromatic carbocycles. The predicted octanol–water partition coefficient (Wildman–Crippen LogP) is 1.98. The molecule has 0 fully saturated rings. The number of nitrogens with zero attached hydrogens (tertiary/aromatic N) is 2. The molecule has 0 aliphatic carbocycles. The van der Waals surface area contributed by atoms with Crippen molar-refractivity contribution in [3.63, 3.8) is 0 Å². The second kappa shape index (κ2) is 7.49. The lowest BCUT2D eigenvalue weighted by atomic mass is 9.90. The van der Waals surface area contributed by atoms with E-state index >= 15 is 0 Å². The van der Waals surface area contributed by atoms with Crippen LogP contribution in [0.3, 0.4) is 0 Å². The van der Waals surface area contributed by atoms with E-state index in [1.165, 1.54) is 0 Å². The van der Waals surface area contributed by atoms with Crippen molar-refractivity contribution in [3.05, 3.63) is 11.7 Å². The minimum absolute atomic E-state index is 0.0109. The summed E-state index contributed by atoms with van der Waals surface area (Å²) in [6.07, 6.45) is -2.11. The van der Waals surface area contributed by atoms with Crippen LogP contribution in [0, 0.1) is 5.92 Å². The van der Waals surface area contributed by atoms with E-state index in [1.54, 1.807) is 0 Å². The molecular formula is C12H21F2N3O2. The Kier molecular flexibility index (Phi) is 6.30. The summed E-state index contributed by atoms with van der Waals surface area (Å²) in [5.41, 5.74) is 5.90. The molecule has 0 bridgehead atoms. The van der Waals surface area contributed by atoms with Gasteiger partial charge in [-0.05, 0) is 12.8 Å². The Morgan fingerprint density at radius 2 is 2.00 bits per heavy atom. The monoisotopic (exact) mass is 277 g/mol. The lowest BCUT2D eigenvalue weighted by molar-refractivity contribution is 0.0182. The van der Waals surface area contributed by atoms with E-state index < -0.39 is 13.0 Å². The highest BCUT2D eigenvalue weighted by Gasteiger charge is 2.26. The molecule has 2 unspecified atom stereocenters. The third kappa shape index (κ3) is 5.20. The van der Waals surface area contributed by atoms with Crippen molar-refractivity contribution >= 4 is 0 Å². The molecule has 5 nitrogen and oxygen atoms in total. The molecule has 0 radical (unpaired) electrons. The number of alkyl halides is 2. The zero-order chi connectivity index (χ0) is 14.4. The third-order valence-corrected chi connectivity index (χ3v) is 2.77. The van der Waals surface area contributed by atoms with Gasteiger partial charge in [0.2, 0.25) is 5.89 Å². The smallest absolute Gasteiger partial charge is 0.261 e. The molecule has 2 N–H and O–H groups in total. The topological polar surface area (TPSA) is 74.2 Å². The maximum Gasteiger partial charge on any atom is 0.261 e. The number of rotatable bonds is 8. The van der Waals surface area contributed by atoms with Crippen LogP contribution in [0.2, 0.25) is 0 Å². The highest BCUT2D eigenvalue weighted by atomic mass is 19.3. The number of aromatic nitrogens is 2. The Bertz CT molecular complexity index is 362. The number of halogens is 2. The Labute approximate surface area is 111 Å². The van der Waals surface area contributed by atoms with Gasteiger partial charge in [-0.1, -0.05) is 19.0 Å². The SMILES string of the molecule is CC(C)C(c1nc(CCOCC(F)F)no1)C(C)N. The molecule has 1 aromatic heterocycles. The normalized spacial score (nSPS) is 15.2. The fourth-order valence-corrected chi connectivity index (χ4v) is 1.96. The first-order chi connectivity index (χ1) is 8.91. The summed E-state index contributed by atoms with van der Waals surface area (Å²) in [6, 6.07) is -0.0941. The molecule has 0 aliphatic rings. The summed E-state index contributed by atoms with van der Waals surface area (Å²) in [4.78, 5) is 4.24. The van der Waals surface area contributed by atoms with Crippen LogP contribution in [0.5, 0.6) is 0 Å². The van der Waals surface area contributed by atoms with Gasteiger partial charge in [0.05, 0.1) is 12.5 Å². The average Bonchev–Trinajstić information content (AvgIpc) is 2.71. The Balaban J connectivity index is 2.51. The molecule has 7 heteroatoms. The Morgan fingerprint density at radius 3 is 2.53 bits per heavy atom. The van der Waals surface area contributed by atoms with Gasteiger partial charge in [0.25, 0.3) is 6.43 Å². The van der Waals surface area contributed by atoms with Crippen LogP contribution in [0.25, 0.3) is 0 Å². The van der Waals surface area contributed by atoms with Crippen molar-refractivity contribution in [1.82, 2.24) is 10.1 Å². The van der Waals surface area contributed by atoms with Gasteiger partial charge in [-0.3, -0.25) is 0 Å². The van der Waals surface area contributed by atoms with Crippen LogP contribution in [0.1, 0.15) is 38.4 Å². The lowest BCUT2D eigenvalue weighted by Crippen LogP contribution is -2.28. The summed E-state index contributed by atoms with van der Waals surface area (Å²) in [6.45, 7) is 5.53. The van der Waals surface area contributed by atoms with Gasteiger partial charge in [0.15, 0.2) is 5.82 Å². The summed E-state index contributed by atoms with van der Waals surface area (Å²) < 4.78 is 33.7. The lowest BCUT2D eigenvalue weighted by Gasteiger charge is -2.20. The van der Waals surface area contributed by atoms with Gasteiger partial charge in [-0.2, -0.15) is 4.98 Å². The van der Waals surface area contributed by atoms with E-state index in [2.05, 4.69) is 10.1 Å². The second-order valence-electron chi connectivity index (χ2n) is 4.89. The van der Waals surface area contributed by atoms with Crippen molar-refractivity contribution in [1.29, 1.82) is 0 Å². The van der Waals surface area contributed by atoms with E-state index in [4.69, 9.17) is 15.0 Å². The fourth-order valence-electron chi connectivity index (χ4n) is 1.96. The maximum atomic E-state index is 11.9. The molecule has 19 heavy (non-hydrogen) atoms. The predicted molar refractivity (Wildman–Crippen MR) is 66.1 cm³/mol. The van der Waals surface area contributed by atoms with Crippen LogP contribution < -0.4 is 5.73 Å². The fraction of sp³-hybridized carbons (Fsp3) is 0.833. The largest absolute Gasteiger partial charge is 0.375 e. The molecular weight excluding hydrogens is 256 g/mol. The molecule has 2 atom stereocenters. The van der Waals surface area contributed by atoms with Gasteiger partial charge in [0.1, 0.15) is 6.61 Å². The number of hydrogen-bond donors (Lipinski definition) is 1. The molecule has 0 aliphatic heterocycles. The molecule has 0 amide bonds. The quantitative estimate of drug-likeness (QED) is 0.735. The third-order valence-electron chi connectivity index (χ3n) is 2.77. The summed E-state index contributed by atoms with van der Waals surface area (Å²) >= 11 is 0. The molecule has 1 rings (SSSR count). The zero-order valence-electron chi connectivity index (χ0n) is 11.5. The van der Waals surface area contributed by atoms with Crippen molar-refractivity contribution in [2.75, 3.05) is 13.2 Å². The first-order valence-corrected chi connectivity index (χ1v) is 6.35. The molecule has 0 saturated heterocycles. The van der Waals surface area contributed by atoms with Gasteiger partial charge in [-0.15, -0.1) is 0 Å². The van der Waals surface area contributed by atoms with Crippen LogP contribution in [0.4, 0.5) is 8.78 Å².